The van der Waals surface area contributed by atoms with Gasteiger partial charge < -0.3 is 19.8 Å². The molecule has 0 saturated heterocycles. The highest BCUT2D eigenvalue weighted by Gasteiger charge is 2.20. The second kappa shape index (κ2) is 8.93. The van der Waals surface area contributed by atoms with Crippen molar-refractivity contribution < 1.29 is 19.1 Å². The number of rotatable bonds is 6. The molecule has 0 aliphatic heterocycles. The maximum atomic E-state index is 12.6. The van der Waals surface area contributed by atoms with E-state index in [0.717, 1.165) is 0 Å². The van der Waals surface area contributed by atoms with Crippen molar-refractivity contribution in [1.82, 2.24) is 15.0 Å². The second-order valence-electron chi connectivity index (χ2n) is 5.86. The Morgan fingerprint density at radius 3 is 2.52 bits per heavy atom. The van der Waals surface area contributed by atoms with Crippen molar-refractivity contribution in [2.45, 2.75) is 13.5 Å². The maximum absolute atomic E-state index is 12.6. The molecule has 0 saturated carbocycles. The Labute approximate surface area is 176 Å². The number of aromatic nitrogens is 3. The van der Waals surface area contributed by atoms with E-state index >= 15 is 0 Å². The summed E-state index contributed by atoms with van der Waals surface area (Å²) in [5, 5.41) is 3.09. The van der Waals surface area contributed by atoms with Crippen LogP contribution in [0.1, 0.15) is 32.4 Å². The number of nitrogens with zero attached hydrogens (tertiary/aromatic N) is 2. The van der Waals surface area contributed by atoms with Gasteiger partial charge in [0.25, 0.3) is 5.91 Å². The van der Waals surface area contributed by atoms with Gasteiger partial charge >= 0.3 is 5.97 Å². The second-order valence-corrected chi connectivity index (χ2v) is 6.62. The first-order valence-electron chi connectivity index (χ1n) is 8.36. The molecule has 0 radical (unpaired) electrons. The number of anilines is 1. The quantitative estimate of drug-likeness (QED) is 0.567. The van der Waals surface area contributed by atoms with Crippen molar-refractivity contribution in [3.05, 3.63) is 69.5 Å². The number of carbonyl (C=O) groups excluding carboxylic acids is 2. The fourth-order valence-corrected chi connectivity index (χ4v) is 2.87. The SMILES string of the molecule is COC(=O)c1ccc(NC(=O)c2[nH]c(C)c(Cl)c2Cl)c(OCc2ncccn2)c1. The number of ether oxygens (including phenoxy) is 2. The molecule has 3 rings (SSSR count). The minimum Gasteiger partial charge on any atom is -0.483 e. The van der Waals surface area contributed by atoms with Crippen LogP contribution in [-0.2, 0) is 11.3 Å². The van der Waals surface area contributed by atoms with Crippen LogP contribution in [0.4, 0.5) is 5.69 Å². The van der Waals surface area contributed by atoms with Gasteiger partial charge in [-0.2, -0.15) is 0 Å². The zero-order valence-electron chi connectivity index (χ0n) is 15.5. The number of benzene rings is 1. The lowest BCUT2D eigenvalue weighted by Crippen LogP contribution is -2.15. The van der Waals surface area contributed by atoms with Crippen LogP contribution >= 0.6 is 23.2 Å². The van der Waals surface area contributed by atoms with E-state index in [0.29, 0.717) is 17.2 Å². The number of methoxy groups -OCH3 is 1. The smallest absolute Gasteiger partial charge is 0.337 e. The van der Waals surface area contributed by atoms with Crippen LogP contribution in [-0.4, -0.2) is 33.9 Å². The summed E-state index contributed by atoms with van der Waals surface area (Å²) in [4.78, 5) is 35.5. The number of hydrogen-bond donors (Lipinski definition) is 2. The molecule has 2 heterocycles. The lowest BCUT2D eigenvalue weighted by Gasteiger charge is -2.13. The molecule has 0 aliphatic rings. The van der Waals surface area contributed by atoms with Gasteiger partial charge in [0.05, 0.1) is 28.4 Å². The van der Waals surface area contributed by atoms with Gasteiger partial charge in [-0.1, -0.05) is 23.2 Å². The molecule has 1 amide bonds. The first-order valence-corrected chi connectivity index (χ1v) is 9.12. The predicted molar refractivity (Wildman–Crippen MR) is 108 cm³/mol. The zero-order valence-corrected chi connectivity index (χ0v) is 17.0. The highest BCUT2D eigenvalue weighted by molar-refractivity contribution is 6.44. The van der Waals surface area contributed by atoms with Crippen molar-refractivity contribution in [1.29, 1.82) is 0 Å². The van der Waals surface area contributed by atoms with Gasteiger partial charge in [-0.25, -0.2) is 14.8 Å². The number of aryl methyl sites for hydroxylation is 1. The number of H-pyrrole nitrogens is 1. The van der Waals surface area contributed by atoms with Gasteiger partial charge in [0.2, 0.25) is 0 Å². The largest absolute Gasteiger partial charge is 0.483 e. The van der Waals surface area contributed by atoms with Gasteiger partial charge in [0, 0.05) is 18.1 Å². The molecule has 0 atom stereocenters. The molecule has 0 aliphatic carbocycles. The molecule has 8 nitrogen and oxygen atoms in total. The standard InChI is InChI=1S/C19H16Cl2N4O4/c1-10-15(20)16(21)17(24-10)18(26)25-12-5-4-11(19(27)28-2)8-13(12)29-9-14-22-6-3-7-23-14/h3-8,24H,9H2,1-2H3,(H,25,26). The van der Waals surface area contributed by atoms with Crippen LogP contribution in [0.5, 0.6) is 5.75 Å². The van der Waals surface area contributed by atoms with Crippen molar-refractivity contribution in [3.8, 4) is 5.75 Å². The van der Waals surface area contributed by atoms with E-state index in [9.17, 15) is 9.59 Å². The molecule has 2 N–H and O–H groups in total. The van der Waals surface area contributed by atoms with Gasteiger partial charge in [-0.05, 0) is 31.2 Å². The Hall–Kier alpha value is -3.10. The number of aromatic amines is 1. The van der Waals surface area contributed by atoms with Gasteiger partial charge in [0.1, 0.15) is 18.1 Å². The molecule has 1 aromatic carbocycles. The van der Waals surface area contributed by atoms with Crippen molar-refractivity contribution in [2.75, 3.05) is 12.4 Å². The zero-order chi connectivity index (χ0) is 21.0. The first-order chi connectivity index (χ1) is 13.9. The van der Waals surface area contributed by atoms with Gasteiger partial charge in [0.15, 0.2) is 5.82 Å². The Balaban J connectivity index is 1.88. The van der Waals surface area contributed by atoms with Crippen LogP contribution in [0.25, 0.3) is 0 Å². The number of hydrogen-bond acceptors (Lipinski definition) is 6. The van der Waals surface area contributed by atoms with Gasteiger partial charge in [-0.15, -0.1) is 0 Å². The van der Waals surface area contributed by atoms with Crippen LogP contribution < -0.4 is 10.1 Å². The van der Waals surface area contributed by atoms with E-state index in [1.165, 1.54) is 25.3 Å². The molecule has 2 aromatic heterocycles. The highest BCUT2D eigenvalue weighted by atomic mass is 35.5. The molecule has 0 fully saturated rings. The van der Waals surface area contributed by atoms with E-state index in [2.05, 4.69) is 20.3 Å². The van der Waals surface area contributed by atoms with Crippen LogP contribution in [0.3, 0.4) is 0 Å². The molecule has 29 heavy (non-hydrogen) atoms. The monoisotopic (exact) mass is 434 g/mol. The summed E-state index contributed by atoms with van der Waals surface area (Å²) < 4.78 is 10.5. The van der Waals surface area contributed by atoms with Crippen molar-refractivity contribution in [2.24, 2.45) is 0 Å². The van der Waals surface area contributed by atoms with Gasteiger partial charge in [-0.3, -0.25) is 4.79 Å². The summed E-state index contributed by atoms with van der Waals surface area (Å²) in [7, 11) is 1.27. The maximum Gasteiger partial charge on any atom is 0.337 e. The topological polar surface area (TPSA) is 106 Å². The predicted octanol–water partition coefficient (Wildman–Crippen LogP) is 4.04. The minimum absolute atomic E-state index is 0.0303. The lowest BCUT2D eigenvalue weighted by molar-refractivity contribution is 0.0600. The molecule has 0 spiro atoms. The Morgan fingerprint density at radius 1 is 1.17 bits per heavy atom. The van der Waals surface area contributed by atoms with E-state index in [1.807, 2.05) is 0 Å². The third-order valence-corrected chi connectivity index (χ3v) is 4.86. The molecule has 0 bridgehead atoms. The third kappa shape index (κ3) is 4.67. The Bertz CT molecular complexity index is 1050. The molecular weight excluding hydrogens is 419 g/mol. The lowest BCUT2D eigenvalue weighted by atomic mass is 10.2. The fraction of sp³-hybridized carbons (Fsp3) is 0.158. The first kappa shape index (κ1) is 20.6. The fourth-order valence-electron chi connectivity index (χ4n) is 2.45. The summed E-state index contributed by atoms with van der Waals surface area (Å²) in [6, 6.07) is 6.16. The average Bonchev–Trinajstić information content (AvgIpc) is 3.00. The third-order valence-electron chi connectivity index (χ3n) is 3.91. The number of carbonyl (C=O) groups is 2. The minimum atomic E-state index is -0.543. The van der Waals surface area contributed by atoms with Crippen LogP contribution in [0.2, 0.25) is 10.0 Å². The summed E-state index contributed by atoms with van der Waals surface area (Å²) in [5.41, 5.74) is 1.26. The molecule has 0 unspecified atom stereocenters. The van der Waals surface area contributed by atoms with Crippen LogP contribution in [0, 0.1) is 6.92 Å². The highest BCUT2D eigenvalue weighted by Crippen LogP contribution is 2.31. The number of esters is 1. The summed E-state index contributed by atoms with van der Waals surface area (Å²) in [6.45, 7) is 1.73. The van der Waals surface area contributed by atoms with Crippen molar-refractivity contribution in [3.63, 3.8) is 0 Å². The number of halogens is 2. The molecule has 10 heteroatoms. The van der Waals surface area contributed by atoms with E-state index in [-0.39, 0.29) is 33.7 Å². The average molecular weight is 435 g/mol. The van der Waals surface area contributed by atoms with E-state index < -0.39 is 11.9 Å². The summed E-state index contributed by atoms with van der Waals surface area (Å²) in [6.07, 6.45) is 3.16. The Morgan fingerprint density at radius 2 is 1.90 bits per heavy atom. The summed E-state index contributed by atoms with van der Waals surface area (Å²) >= 11 is 12.1. The number of amides is 1. The van der Waals surface area contributed by atoms with Crippen LogP contribution in [0.15, 0.2) is 36.7 Å². The molecule has 150 valence electrons. The van der Waals surface area contributed by atoms with E-state index in [4.69, 9.17) is 32.7 Å². The number of nitrogens with one attached hydrogen (secondary N) is 2. The Kier molecular flexibility index (Phi) is 6.36. The molecular formula is C19H16Cl2N4O4. The van der Waals surface area contributed by atoms with Crippen molar-refractivity contribution >= 4 is 40.8 Å². The normalized spacial score (nSPS) is 10.5. The molecule has 3 aromatic rings. The van der Waals surface area contributed by atoms with E-state index in [1.54, 1.807) is 25.4 Å². The summed E-state index contributed by atoms with van der Waals surface area (Å²) in [5.74, 6) is -0.391.